The second-order valence-corrected chi connectivity index (χ2v) is 5.54. The zero-order valence-electron chi connectivity index (χ0n) is 10.7. The number of nitrogens with one attached hydrogen (secondary N) is 1. The van der Waals surface area contributed by atoms with E-state index in [1.54, 1.807) is 0 Å². The van der Waals surface area contributed by atoms with Crippen molar-refractivity contribution in [1.82, 2.24) is 10.2 Å². The Bertz CT molecular complexity index is 269. The molecule has 0 radical (unpaired) electrons. The number of hydrogen-bond donors (Lipinski definition) is 2. The fraction of sp³-hybridized carbons (Fsp3) is 0.923. The third-order valence-corrected chi connectivity index (χ3v) is 4.17. The van der Waals surface area contributed by atoms with Crippen LogP contribution in [0.4, 0.5) is 0 Å². The topological polar surface area (TPSA) is 52.6 Å². The second-order valence-electron chi connectivity index (χ2n) is 5.54. The maximum absolute atomic E-state index is 12.2. The highest BCUT2D eigenvalue weighted by molar-refractivity contribution is 5.81. The average Bonchev–Trinajstić information content (AvgIpc) is 2.99. The molecular formula is C13H24N2O2. The first-order chi connectivity index (χ1) is 8.17. The van der Waals surface area contributed by atoms with E-state index in [1.165, 1.54) is 0 Å². The van der Waals surface area contributed by atoms with Crippen LogP contribution in [-0.4, -0.2) is 47.2 Å². The monoisotopic (exact) mass is 240 g/mol. The maximum atomic E-state index is 12.2. The highest BCUT2D eigenvalue weighted by Crippen LogP contribution is 2.29. The molecule has 98 valence electrons. The normalized spacial score (nSPS) is 25.2. The van der Waals surface area contributed by atoms with E-state index in [0.29, 0.717) is 0 Å². The summed E-state index contributed by atoms with van der Waals surface area (Å²) in [5.74, 6) is 0.197. The molecule has 2 fully saturated rings. The first-order valence-corrected chi connectivity index (χ1v) is 6.84. The van der Waals surface area contributed by atoms with Gasteiger partial charge in [0.05, 0.1) is 12.6 Å². The lowest BCUT2D eigenvalue weighted by molar-refractivity contribution is -0.132. The third kappa shape index (κ3) is 2.80. The van der Waals surface area contributed by atoms with Gasteiger partial charge in [0.1, 0.15) is 0 Å². The van der Waals surface area contributed by atoms with Gasteiger partial charge in [-0.15, -0.1) is 0 Å². The van der Waals surface area contributed by atoms with E-state index in [0.717, 1.165) is 51.6 Å². The van der Waals surface area contributed by atoms with Gasteiger partial charge in [-0.2, -0.15) is 0 Å². The zero-order valence-corrected chi connectivity index (χ0v) is 10.7. The lowest BCUT2D eigenvalue weighted by atomic mass is 9.97. The van der Waals surface area contributed by atoms with E-state index >= 15 is 0 Å². The van der Waals surface area contributed by atoms with Gasteiger partial charge in [-0.3, -0.25) is 10.1 Å². The molecule has 2 N–H and O–H groups in total. The summed E-state index contributed by atoms with van der Waals surface area (Å²) < 4.78 is 0. The van der Waals surface area contributed by atoms with E-state index in [-0.39, 0.29) is 24.1 Å². The van der Waals surface area contributed by atoms with Crippen LogP contribution in [0.25, 0.3) is 0 Å². The Morgan fingerprint density at radius 1 is 1.29 bits per heavy atom. The van der Waals surface area contributed by atoms with Gasteiger partial charge in [0.25, 0.3) is 0 Å². The fourth-order valence-corrected chi connectivity index (χ4v) is 3.13. The van der Waals surface area contributed by atoms with E-state index in [1.807, 2.05) is 11.8 Å². The summed E-state index contributed by atoms with van der Waals surface area (Å²) in [6.07, 6.45) is 6.53. The Kier molecular flexibility index (Phi) is 4.05. The Hall–Kier alpha value is -0.610. The summed E-state index contributed by atoms with van der Waals surface area (Å²) in [7, 11) is 0. The van der Waals surface area contributed by atoms with Crippen molar-refractivity contribution in [1.29, 1.82) is 0 Å². The molecule has 0 bridgehead atoms. The molecule has 0 aromatic carbocycles. The third-order valence-electron chi connectivity index (χ3n) is 4.17. The zero-order chi connectivity index (χ0) is 12.3. The van der Waals surface area contributed by atoms with Crippen LogP contribution >= 0.6 is 0 Å². The highest BCUT2D eigenvalue weighted by Gasteiger charge is 2.36. The van der Waals surface area contributed by atoms with E-state index in [4.69, 9.17) is 0 Å². The van der Waals surface area contributed by atoms with E-state index in [9.17, 15) is 9.90 Å². The van der Waals surface area contributed by atoms with Gasteiger partial charge in [0, 0.05) is 18.6 Å². The number of aliphatic hydroxyl groups excluding tert-OH is 1. The summed E-state index contributed by atoms with van der Waals surface area (Å²) in [5.41, 5.74) is -0.200. The largest absolute Gasteiger partial charge is 0.394 e. The quantitative estimate of drug-likeness (QED) is 0.767. The molecule has 1 heterocycles. The lowest BCUT2D eigenvalue weighted by Gasteiger charge is -2.32. The maximum Gasteiger partial charge on any atom is 0.239 e. The molecule has 1 saturated heterocycles. The van der Waals surface area contributed by atoms with Crippen LogP contribution in [0.2, 0.25) is 0 Å². The van der Waals surface area contributed by atoms with Crippen molar-refractivity contribution in [2.45, 2.75) is 57.0 Å². The molecule has 1 aliphatic heterocycles. The molecule has 2 aliphatic rings. The molecule has 4 nitrogen and oxygen atoms in total. The van der Waals surface area contributed by atoms with Crippen molar-refractivity contribution in [3.05, 3.63) is 0 Å². The summed E-state index contributed by atoms with van der Waals surface area (Å²) >= 11 is 0. The number of carbonyl (C=O) groups excluding carboxylic acids is 1. The molecule has 1 atom stereocenters. The van der Waals surface area contributed by atoms with Crippen molar-refractivity contribution in [3.63, 3.8) is 0 Å². The molecule has 0 spiro atoms. The van der Waals surface area contributed by atoms with Gasteiger partial charge in [-0.1, -0.05) is 12.8 Å². The smallest absolute Gasteiger partial charge is 0.239 e. The molecule has 1 amide bonds. The van der Waals surface area contributed by atoms with Crippen molar-refractivity contribution < 1.29 is 9.90 Å². The van der Waals surface area contributed by atoms with Gasteiger partial charge in [-0.25, -0.2) is 0 Å². The van der Waals surface area contributed by atoms with Crippen LogP contribution in [0.5, 0.6) is 0 Å². The minimum Gasteiger partial charge on any atom is -0.394 e. The first kappa shape index (κ1) is 12.8. The number of amides is 1. The van der Waals surface area contributed by atoms with Gasteiger partial charge in [-0.05, 0) is 32.6 Å². The number of nitrogens with zero attached hydrogens (tertiary/aromatic N) is 1. The predicted octanol–water partition coefficient (Wildman–Crippen LogP) is 0.892. The molecular weight excluding hydrogens is 216 g/mol. The van der Waals surface area contributed by atoms with Gasteiger partial charge < -0.3 is 10.0 Å². The van der Waals surface area contributed by atoms with E-state index < -0.39 is 0 Å². The summed E-state index contributed by atoms with van der Waals surface area (Å²) in [6.45, 7) is 3.87. The number of likely N-dealkylation sites (tertiary alicyclic amines) is 1. The minimum atomic E-state index is -0.200. The second kappa shape index (κ2) is 5.36. The average molecular weight is 240 g/mol. The SMILES string of the molecule is CC(NC1(CO)CCCC1)C(=O)N1CCCC1. The van der Waals surface area contributed by atoms with Crippen LogP contribution in [0.15, 0.2) is 0 Å². The fourth-order valence-electron chi connectivity index (χ4n) is 3.13. The van der Waals surface area contributed by atoms with Crippen LogP contribution in [0.3, 0.4) is 0 Å². The Morgan fingerprint density at radius 3 is 2.41 bits per heavy atom. The van der Waals surface area contributed by atoms with Gasteiger partial charge in [0.2, 0.25) is 5.91 Å². The van der Waals surface area contributed by atoms with Crippen LogP contribution in [-0.2, 0) is 4.79 Å². The molecule has 17 heavy (non-hydrogen) atoms. The molecule has 2 rings (SSSR count). The number of rotatable bonds is 4. The standard InChI is InChI=1S/C13H24N2O2/c1-11(12(17)15-8-4-5-9-15)14-13(10-16)6-2-3-7-13/h11,14,16H,2-10H2,1H3. The summed E-state index contributed by atoms with van der Waals surface area (Å²) in [5, 5.41) is 12.9. The first-order valence-electron chi connectivity index (χ1n) is 6.84. The lowest BCUT2D eigenvalue weighted by Crippen LogP contribution is -2.55. The van der Waals surface area contributed by atoms with E-state index in [2.05, 4.69) is 5.32 Å². The molecule has 1 unspecified atom stereocenters. The molecule has 1 saturated carbocycles. The Labute approximate surface area is 103 Å². The number of aliphatic hydroxyl groups is 1. The van der Waals surface area contributed by atoms with Crippen molar-refractivity contribution in [2.24, 2.45) is 0 Å². The summed E-state index contributed by atoms with van der Waals surface area (Å²) in [4.78, 5) is 14.1. The summed E-state index contributed by atoms with van der Waals surface area (Å²) in [6, 6.07) is -0.168. The predicted molar refractivity (Wildman–Crippen MR) is 66.7 cm³/mol. The van der Waals surface area contributed by atoms with Crippen LogP contribution in [0, 0.1) is 0 Å². The van der Waals surface area contributed by atoms with Crippen molar-refractivity contribution >= 4 is 5.91 Å². The Balaban J connectivity index is 1.90. The molecule has 1 aliphatic carbocycles. The Morgan fingerprint density at radius 2 is 1.88 bits per heavy atom. The van der Waals surface area contributed by atoms with Crippen LogP contribution < -0.4 is 5.32 Å². The number of carbonyl (C=O) groups is 1. The molecule has 4 heteroatoms. The molecule has 0 aromatic heterocycles. The molecule has 0 aromatic rings. The minimum absolute atomic E-state index is 0.143. The van der Waals surface area contributed by atoms with Gasteiger partial charge >= 0.3 is 0 Å². The van der Waals surface area contributed by atoms with Gasteiger partial charge in [0.15, 0.2) is 0 Å². The van der Waals surface area contributed by atoms with Crippen molar-refractivity contribution in [2.75, 3.05) is 19.7 Å². The van der Waals surface area contributed by atoms with Crippen LogP contribution in [0.1, 0.15) is 45.4 Å². The number of hydrogen-bond acceptors (Lipinski definition) is 3. The van der Waals surface area contributed by atoms with Crippen molar-refractivity contribution in [3.8, 4) is 0 Å². The highest BCUT2D eigenvalue weighted by atomic mass is 16.3.